The van der Waals surface area contributed by atoms with Crippen molar-refractivity contribution in [2.24, 2.45) is 4.99 Å². The molecular weight excluding hydrogens is 586 g/mol. The van der Waals surface area contributed by atoms with Crippen LogP contribution in [0, 0.1) is 0 Å². The van der Waals surface area contributed by atoms with Gasteiger partial charge in [-0.15, -0.1) is 0 Å². The van der Waals surface area contributed by atoms with E-state index in [2.05, 4.69) is 33.0 Å². The fourth-order valence-electron chi connectivity index (χ4n) is 4.79. The first kappa shape index (κ1) is 28.3. The number of anilines is 1. The van der Waals surface area contributed by atoms with Crippen molar-refractivity contribution in [2.45, 2.75) is 39.7 Å². The number of hydrogen-bond acceptors (Lipinski definition) is 6. The minimum atomic E-state index is -0.0505. The number of amides is 1. The second kappa shape index (κ2) is 13.4. The quantitative estimate of drug-likeness (QED) is 0.227. The molecule has 5 rings (SSSR count). The Labute approximate surface area is 249 Å². The molecule has 0 saturated carbocycles. The van der Waals surface area contributed by atoms with Gasteiger partial charge in [-0.1, -0.05) is 46.3 Å². The molecule has 6 nitrogen and oxygen atoms in total. The number of likely N-dealkylation sites (N-methyl/N-ethyl adjacent to an activating group) is 1. The minimum absolute atomic E-state index is 0.0505. The molecule has 0 spiro atoms. The lowest BCUT2D eigenvalue weighted by atomic mass is 10.1. The normalized spacial score (nSPS) is 17.6. The van der Waals surface area contributed by atoms with Crippen LogP contribution in [0.5, 0.6) is 11.5 Å². The average molecular weight is 621 g/mol. The summed E-state index contributed by atoms with van der Waals surface area (Å²) in [5, 5.41) is 0.688. The van der Waals surface area contributed by atoms with Gasteiger partial charge in [-0.25, -0.2) is 4.99 Å². The summed E-state index contributed by atoms with van der Waals surface area (Å²) < 4.78 is 12.8. The summed E-state index contributed by atoms with van der Waals surface area (Å²) in [7, 11) is 0. The van der Waals surface area contributed by atoms with Crippen molar-refractivity contribution >= 4 is 56.2 Å². The highest BCUT2D eigenvalue weighted by atomic mass is 79.9. The third-order valence-corrected chi connectivity index (χ3v) is 8.58. The number of ether oxygens (including phenoxy) is 2. The number of carbonyl (C=O) groups is 1. The lowest BCUT2D eigenvalue weighted by Crippen LogP contribution is -2.29. The summed E-state index contributed by atoms with van der Waals surface area (Å²) in [4.78, 5) is 22.9. The summed E-state index contributed by atoms with van der Waals surface area (Å²) in [5.74, 6) is 1.24. The van der Waals surface area contributed by atoms with Crippen LogP contribution in [-0.4, -0.2) is 42.2 Å². The lowest BCUT2D eigenvalue weighted by molar-refractivity contribution is -0.122. The molecule has 40 heavy (non-hydrogen) atoms. The maximum absolute atomic E-state index is 13.3. The molecule has 3 aromatic carbocycles. The van der Waals surface area contributed by atoms with Crippen LogP contribution in [0.2, 0.25) is 0 Å². The van der Waals surface area contributed by atoms with Gasteiger partial charge in [-0.2, -0.15) is 0 Å². The first-order chi connectivity index (χ1) is 19.6. The molecule has 2 heterocycles. The number of hydrogen-bond donors (Lipinski definition) is 0. The van der Waals surface area contributed by atoms with Gasteiger partial charge >= 0.3 is 0 Å². The summed E-state index contributed by atoms with van der Waals surface area (Å²) in [6, 6.07) is 22.2. The van der Waals surface area contributed by atoms with E-state index in [1.807, 2.05) is 74.5 Å². The Morgan fingerprint density at radius 2 is 1.68 bits per heavy atom. The first-order valence-electron chi connectivity index (χ1n) is 13.8. The topological polar surface area (TPSA) is 54.4 Å². The van der Waals surface area contributed by atoms with E-state index in [-0.39, 0.29) is 5.91 Å². The van der Waals surface area contributed by atoms with E-state index in [9.17, 15) is 4.79 Å². The van der Waals surface area contributed by atoms with Gasteiger partial charge in [-0.3, -0.25) is 9.69 Å². The number of amidine groups is 1. The molecule has 2 aliphatic rings. The van der Waals surface area contributed by atoms with E-state index in [1.54, 1.807) is 4.90 Å². The number of thioether (sulfide) groups is 1. The molecule has 0 aliphatic carbocycles. The fourth-order valence-corrected chi connectivity index (χ4v) is 6.28. The third kappa shape index (κ3) is 6.73. The van der Waals surface area contributed by atoms with Crippen molar-refractivity contribution in [1.82, 2.24) is 4.90 Å². The Bertz CT molecular complexity index is 1390. The van der Waals surface area contributed by atoms with Crippen molar-refractivity contribution in [1.29, 1.82) is 0 Å². The molecule has 0 aromatic heterocycles. The number of piperidine rings is 1. The van der Waals surface area contributed by atoms with E-state index in [4.69, 9.17) is 14.5 Å². The molecule has 208 valence electrons. The monoisotopic (exact) mass is 619 g/mol. The molecule has 0 unspecified atom stereocenters. The Morgan fingerprint density at radius 3 is 2.38 bits per heavy atom. The molecule has 2 fully saturated rings. The van der Waals surface area contributed by atoms with Gasteiger partial charge < -0.3 is 14.4 Å². The lowest BCUT2D eigenvalue weighted by Gasteiger charge is -2.28. The van der Waals surface area contributed by atoms with Crippen molar-refractivity contribution in [2.75, 3.05) is 31.1 Å². The van der Waals surface area contributed by atoms with E-state index >= 15 is 0 Å². The standard InChI is InChI=1S/C32H34BrN3O3S/c1-3-36-31(37)30(40-32(36)34-25-13-15-26(16-14-25)35-17-9-6-10-18-35)20-24-19-28(38-4-2)29(21-27(24)33)39-22-23-11-7-5-8-12-23/h5,7-8,11-16,19-21H,3-4,6,9-10,17-18,22H2,1-2H3/b30-20-,34-32?. The van der Waals surface area contributed by atoms with Crippen LogP contribution in [0.15, 0.2) is 81.1 Å². The number of rotatable bonds is 9. The van der Waals surface area contributed by atoms with Gasteiger partial charge in [0.15, 0.2) is 16.7 Å². The molecule has 0 atom stereocenters. The molecule has 2 aliphatic heterocycles. The Morgan fingerprint density at radius 1 is 0.950 bits per heavy atom. The molecular formula is C32H34BrN3O3S. The summed E-state index contributed by atoms with van der Waals surface area (Å²) in [5.41, 5.74) is 4.00. The molecule has 8 heteroatoms. The molecule has 0 bridgehead atoms. The van der Waals surface area contributed by atoms with Gasteiger partial charge in [0.2, 0.25) is 0 Å². The van der Waals surface area contributed by atoms with Gasteiger partial charge in [0.05, 0.1) is 17.2 Å². The summed E-state index contributed by atoms with van der Waals surface area (Å²) in [6.07, 6.45) is 5.70. The van der Waals surface area contributed by atoms with E-state index in [0.717, 1.165) is 34.4 Å². The highest BCUT2D eigenvalue weighted by Gasteiger charge is 2.32. The van der Waals surface area contributed by atoms with Crippen LogP contribution >= 0.6 is 27.7 Å². The first-order valence-corrected chi connectivity index (χ1v) is 15.4. The van der Waals surface area contributed by atoms with Gasteiger partial charge in [0.25, 0.3) is 5.91 Å². The van der Waals surface area contributed by atoms with Crippen LogP contribution in [0.25, 0.3) is 6.08 Å². The van der Waals surface area contributed by atoms with E-state index < -0.39 is 0 Å². The smallest absolute Gasteiger partial charge is 0.266 e. The molecule has 2 saturated heterocycles. The Balaban J connectivity index is 1.36. The highest BCUT2D eigenvalue weighted by Crippen LogP contribution is 2.39. The second-order valence-electron chi connectivity index (χ2n) is 9.65. The van der Waals surface area contributed by atoms with Gasteiger partial charge in [0.1, 0.15) is 6.61 Å². The zero-order chi connectivity index (χ0) is 27.9. The molecule has 1 amide bonds. The number of carbonyl (C=O) groups excluding carboxylic acids is 1. The average Bonchev–Trinajstić information content (AvgIpc) is 3.28. The SMILES string of the molecule is CCOc1cc(/C=C2\SC(=Nc3ccc(N4CCCCC4)cc3)N(CC)C2=O)c(Br)cc1OCc1ccccc1. The van der Waals surface area contributed by atoms with E-state index in [0.29, 0.717) is 41.3 Å². The third-order valence-electron chi connectivity index (χ3n) is 6.89. The number of aliphatic imine (C=N–C) groups is 1. The highest BCUT2D eigenvalue weighted by molar-refractivity contribution is 9.10. The van der Waals surface area contributed by atoms with Crippen molar-refractivity contribution in [3.63, 3.8) is 0 Å². The zero-order valence-electron chi connectivity index (χ0n) is 22.9. The maximum atomic E-state index is 13.3. The van der Waals surface area contributed by atoms with Crippen LogP contribution in [0.3, 0.4) is 0 Å². The Hall–Kier alpha value is -3.23. The van der Waals surface area contributed by atoms with Crippen LogP contribution in [-0.2, 0) is 11.4 Å². The molecule has 3 aromatic rings. The predicted molar refractivity (Wildman–Crippen MR) is 169 cm³/mol. The number of nitrogens with zero attached hydrogens (tertiary/aromatic N) is 3. The largest absolute Gasteiger partial charge is 0.490 e. The van der Waals surface area contributed by atoms with Gasteiger partial charge in [0, 0.05) is 29.8 Å². The second-order valence-corrected chi connectivity index (χ2v) is 11.5. The minimum Gasteiger partial charge on any atom is -0.490 e. The fraction of sp³-hybridized carbons (Fsp3) is 0.312. The van der Waals surface area contributed by atoms with Crippen molar-refractivity contribution in [3.8, 4) is 11.5 Å². The number of halogens is 1. The van der Waals surface area contributed by atoms with Gasteiger partial charge in [-0.05, 0) is 98.5 Å². The van der Waals surface area contributed by atoms with Crippen molar-refractivity contribution in [3.05, 3.63) is 87.2 Å². The van der Waals surface area contributed by atoms with Crippen molar-refractivity contribution < 1.29 is 14.3 Å². The summed E-state index contributed by atoms with van der Waals surface area (Å²) >= 11 is 5.08. The van der Waals surface area contributed by atoms with Crippen LogP contribution in [0.1, 0.15) is 44.2 Å². The van der Waals surface area contributed by atoms with Crippen LogP contribution < -0.4 is 14.4 Å². The molecule has 0 N–H and O–H groups in total. The maximum Gasteiger partial charge on any atom is 0.266 e. The zero-order valence-corrected chi connectivity index (χ0v) is 25.3. The predicted octanol–water partition coefficient (Wildman–Crippen LogP) is 8.04. The van der Waals surface area contributed by atoms with Crippen LogP contribution in [0.4, 0.5) is 11.4 Å². The Kier molecular flexibility index (Phi) is 9.49. The summed E-state index contributed by atoms with van der Waals surface area (Å²) in [6.45, 7) is 7.62. The van der Waals surface area contributed by atoms with E-state index in [1.165, 1.54) is 36.7 Å². The molecule has 0 radical (unpaired) electrons. The number of benzene rings is 3.